The number of carbonyl (C=O) groups excluding carboxylic acids is 1. The lowest BCUT2D eigenvalue weighted by atomic mass is 9.85. The van der Waals surface area contributed by atoms with E-state index in [1.165, 1.54) is 0 Å². The van der Waals surface area contributed by atoms with Gasteiger partial charge < -0.3 is 10.6 Å². The number of nitrogens with one attached hydrogen (secondary N) is 2. The lowest BCUT2D eigenvalue weighted by Crippen LogP contribution is -2.33. The number of aromatic nitrogens is 2. The minimum Gasteiger partial charge on any atom is -0.352 e. The molecule has 144 valence electrons. The second-order valence-corrected chi connectivity index (χ2v) is 6.98. The van der Waals surface area contributed by atoms with Crippen molar-refractivity contribution in [3.8, 4) is 0 Å². The van der Waals surface area contributed by atoms with Crippen molar-refractivity contribution in [1.29, 1.82) is 0 Å². The van der Waals surface area contributed by atoms with Crippen LogP contribution in [-0.2, 0) is 6.18 Å². The van der Waals surface area contributed by atoms with Crippen molar-refractivity contribution in [2.75, 3.05) is 11.9 Å². The first kappa shape index (κ1) is 19.4. The van der Waals surface area contributed by atoms with E-state index in [0.717, 1.165) is 31.0 Å². The molecular weight excluding hydrogens is 381 g/mol. The summed E-state index contributed by atoms with van der Waals surface area (Å²) >= 11 is 6.08. The Bertz CT molecular complexity index is 853. The normalized spacial score (nSPS) is 14.6. The van der Waals surface area contributed by atoms with Crippen molar-refractivity contribution in [2.24, 2.45) is 5.92 Å². The maximum atomic E-state index is 13.4. The highest BCUT2D eigenvalue weighted by atomic mass is 35.5. The van der Waals surface area contributed by atoms with Gasteiger partial charge in [-0.25, -0.2) is 9.97 Å². The Morgan fingerprint density at radius 1 is 1.33 bits per heavy atom. The molecule has 1 aliphatic carbocycles. The van der Waals surface area contributed by atoms with Crippen LogP contribution in [0.2, 0.25) is 5.02 Å². The largest absolute Gasteiger partial charge is 0.434 e. The zero-order valence-corrected chi connectivity index (χ0v) is 15.3. The van der Waals surface area contributed by atoms with Gasteiger partial charge in [0.25, 0.3) is 5.91 Å². The number of halogens is 4. The number of rotatable bonds is 5. The molecule has 0 unspecified atom stereocenters. The smallest absolute Gasteiger partial charge is 0.352 e. The van der Waals surface area contributed by atoms with Crippen LogP contribution in [0.1, 0.15) is 40.9 Å². The van der Waals surface area contributed by atoms with Crippen LogP contribution in [0.25, 0.3) is 0 Å². The van der Waals surface area contributed by atoms with Crippen LogP contribution in [0.3, 0.4) is 0 Å². The van der Waals surface area contributed by atoms with Gasteiger partial charge in [-0.15, -0.1) is 0 Å². The standard InChI is InChI=1S/C18H18ClF3N4O/c1-10-5-6-14(13(19)7-10)25-17-24-9-12(15(26-17)18(20,21)22)16(27)23-8-11-3-2-4-11/h5-7,9,11H,2-4,8H2,1H3,(H,23,27)(H,24,25,26). The third kappa shape index (κ3) is 4.68. The number of anilines is 2. The summed E-state index contributed by atoms with van der Waals surface area (Å²) in [5, 5.41) is 5.53. The topological polar surface area (TPSA) is 66.9 Å². The Kier molecular flexibility index (Phi) is 5.55. The van der Waals surface area contributed by atoms with E-state index in [4.69, 9.17) is 11.6 Å². The summed E-state index contributed by atoms with van der Waals surface area (Å²) in [5.74, 6) is -0.786. The van der Waals surface area contributed by atoms with Crippen LogP contribution >= 0.6 is 11.6 Å². The van der Waals surface area contributed by atoms with Crippen molar-refractivity contribution in [3.05, 3.63) is 46.2 Å². The van der Waals surface area contributed by atoms with Gasteiger partial charge in [0.05, 0.1) is 16.3 Å². The molecule has 1 aromatic carbocycles. The quantitative estimate of drug-likeness (QED) is 0.764. The van der Waals surface area contributed by atoms with Gasteiger partial charge in [0.2, 0.25) is 5.95 Å². The van der Waals surface area contributed by atoms with Gasteiger partial charge in [-0.1, -0.05) is 24.1 Å². The molecule has 1 saturated carbocycles. The number of nitrogens with zero attached hydrogens (tertiary/aromatic N) is 2. The molecule has 1 heterocycles. The first-order chi connectivity index (χ1) is 12.7. The molecule has 0 atom stereocenters. The highest BCUT2D eigenvalue weighted by Crippen LogP contribution is 2.32. The van der Waals surface area contributed by atoms with Gasteiger partial charge in [-0.3, -0.25) is 4.79 Å². The predicted octanol–water partition coefficient (Wildman–Crippen LogP) is 4.73. The van der Waals surface area contributed by atoms with Crippen molar-refractivity contribution < 1.29 is 18.0 Å². The minimum absolute atomic E-state index is 0.288. The van der Waals surface area contributed by atoms with E-state index >= 15 is 0 Å². The van der Waals surface area contributed by atoms with Gasteiger partial charge >= 0.3 is 6.18 Å². The Morgan fingerprint density at radius 2 is 2.07 bits per heavy atom. The van der Waals surface area contributed by atoms with Crippen molar-refractivity contribution in [3.63, 3.8) is 0 Å². The molecule has 1 aromatic heterocycles. The fraction of sp³-hybridized carbons (Fsp3) is 0.389. The van der Waals surface area contributed by atoms with Gasteiger partial charge in [0.1, 0.15) is 0 Å². The fourth-order valence-electron chi connectivity index (χ4n) is 2.70. The first-order valence-corrected chi connectivity index (χ1v) is 8.87. The third-order valence-electron chi connectivity index (χ3n) is 4.45. The molecule has 0 bridgehead atoms. The number of hydrogen-bond donors (Lipinski definition) is 2. The number of hydrogen-bond acceptors (Lipinski definition) is 4. The molecule has 0 aliphatic heterocycles. The maximum absolute atomic E-state index is 13.4. The molecule has 0 spiro atoms. The first-order valence-electron chi connectivity index (χ1n) is 8.49. The molecule has 1 amide bonds. The monoisotopic (exact) mass is 398 g/mol. The molecule has 9 heteroatoms. The summed E-state index contributed by atoms with van der Waals surface area (Å²) in [6.07, 6.45) is -0.874. The van der Waals surface area contributed by atoms with E-state index in [-0.39, 0.29) is 5.95 Å². The molecule has 0 saturated heterocycles. The molecule has 0 radical (unpaired) electrons. The Morgan fingerprint density at radius 3 is 2.67 bits per heavy atom. The maximum Gasteiger partial charge on any atom is 0.434 e. The number of amides is 1. The predicted molar refractivity (Wildman–Crippen MR) is 96.2 cm³/mol. The van der Waals surface area contributed by atoms with Gasteiger partial charge in [0, 0.05) is 12.7 Å². The number of alkyl halides is 3. The van der Waals surface area contributed by atoms with Gasteiger partial charge in [0.15, 0.2) is 5.69 Å². The summed E-state index contributed by atoms with van der Waals surface area (Å²) in [6.45, 7) is 2.19. The third-order valence-corrected chi connectivity index (χ3v) is 4.76. The molecule has 3 rings (SSSR count). The Balaban J connectivity index is 1.83. The molecule has 2 N–H and O–H groups in total. The zero-order chi connectivity index (χ0) is 19.6. The van der Waals surface area contributed by atoms with Crippen LogP contribution in [0, 0.1) is 12.8 Å². The molecule has 2 aromatic rings. The molecule has 1 fully saturated rings. The number of aryl methyl sites for hydroxylation is 1. The summed E-state index contributed by atoms with van der Waals surface area (Å²) in [4.78, 5) is 19.6. The average molecular weight is 399 g/mol. The average Bonchev–Trinajstić information content (AvgIpc) is 2.55. The lowest BCUT2D eigenvalue weighted by molar-refractivity contribution is -0.141. The summed E-state index contributed by atoms with van der Waals surface area (Å²) in [7, 11) is 0. The van der Waals surface area contributed by atoms with Crippen molar-refractivity contribution in [2.45, 2.75) is 32.4 Å². The summed E-state index contributed by atoms with van der Waals surface area (Å²) < 4.78 is 40.2. The van der Waals surface area contributed by atoms with Crippen LogP contribution in [-0.4, -0.2) is 22.4 Å². The number of carbonyl (C=O) groups is 1. The van der Waals surface area contributed by atoms with Crippen LogP contribution in [0.5, 0.6) is 0 Å². The Hall–Kier alpha value is -2.35. The van der Waals surface area contributed by atoms with Crippen LogP contribution in [0.4, 0.5) is 24.8 Å². The molecule has 5 nitrogen and oxygen atoms in total. The second-order valence-electron chi connectivity index (χ2n) is 6.57. The van der Waals surface area contributed by atoms with Gasteiger partial charge in [-0.2, -0.15) is 13.2 Å². The molecule has 27 heavy (non-hydrogen) atoms. The fourth-order valence-corrected chi connectivity index (χ4v) is 2.98. The SMILES string of the molecule is Cc1ccc(Nc2ncc(C(=O)NCC3CCC3)c(C(F)(F)F)n2)c(Cl)c1. The van der Waals surface area contributed by atoms with Crippen LogP contribution in [0.15, 0.2) is 24.4 Å². The summed E-state index contributed by atoms with van der Waals surface area (Å²) in [6, 6.07) is 5.03. The molecule has 1 aliphatic rings. The van der Waals surface area contributed by atoms with E-state index in [9.17, 15) is 18.0 Å². The zero-order valence-electron chi connectivity index (χ0n) is 14.5. The Labute approximate surface area is 159 Å². The highest BCUT2D eigenvalue weighted by Gasteiger charge is 2.38. The minimum atomic E-state index is -4.79. The highest BCUT2D eigenvalue weighted by molar-refractivity contribution is 6.33. The summed E-state index contributed by atoms with van der Waals surface area (Å²) in [5.41, 5.74) is -0.602. The van der Waals surface area contributed by atoms with E-state index < -0.39 is 23.3 Å². The van der Waals surface area contributed by atoms with E-state index in [1.807, 2.05) is 6.92 Å². The van der Waals surface area contributed by atoms with Crippen molar-refractivity contribution >= 4 is 29.1 Å². The van der Waals surface area contributed by atoms with Crippen LogP contribution < -0.4 is 10.6 Å². The number of benzene rings is 1. The van der Waals surface area contributed by atoms with E-state index in [0.29, 0.717) is 23.2 Å². The molecular formula is C18H18ClF3N4O. The second kappa shape index (κ2) is 7.72. The van der Waals surface area contributed by atoms with Crippen molar-refractivity contribution in [1.82, 2.24) is 15.3 Å². The van der Waals surface area contributed by atoms with E-state index in [2.05, 4.69) is 20.6 Å². The van der Waals surface area contributed by atoms with Gasteiger partial charge in [-0.05, 0) is 43.4 Å². The van der Waals surface area contributed by atoms with E-state index in [1.54, 1.807) is 18.2 Å². The lowest BCUT2D eigenvalue weighted by Gasteiger charge is -2.25.